The van der Waals surface area contributed by atoms with Gasteiger partial charge in [-0.05, 0) is 48.9 Å². The molecular weight excluding hydrogens is 381 g/mol. The van der Waals surface area contributed by atoms with Crippen LogP contribution in [0.4, 0.5) is 13.2 Å². The highest BCUT2D eigenvalue weighted by atomic mass is 32.2. The van der Waals surface area contributed by atoms with Gasteiger partial charge in [0.1, 0.15) is 5.82 Å². The van der Waals surface area contributed by atoms with Crippen LogP contribution in [-0.4, -0.2) is 19.3 Å². The fourth-order valence-corrected chi connectivity index (χ4v) is 3.48. The topological polar surface area (TPSA) is 79.0 Å². The Balaban J connectivity index is 1.84. The van der Waals surface area contributed by atoms with Crippen molar-refractivity contribution in [3.05, 3.63) is 71.2 Å². The van der Waals surface area contributed by atoms with Gasteiger partial charge in [0, 0.05) is 23.2 Å². The monoisotopic (exact) mass is 394 g/mol. The molecule has 5 nitrogen and oxygen atoms in total. The summed E-state index contributed by atoms with van der Waals surface area (Å²) >= 11 is 0. The average molecular weight is 394 g/mol. The first-order chi connectivity index (χ1) is 12.7. The number of carbonyl (C=O) groups is 1. The Morgan fingerprint density at radius 3 is 2.56 bits per heavy atom. The first-order valence-electron chi connectivity index (χ1n) is 7.64. The molecule has 1 aromatic heterocycles. The van der Waals surface area contributed by atoms with Gasteiger partial charge >= 0.3 is 0 Å². The van der Waals surface area contributed by atoms with Crippen molar-refractivity contribution < 1.29 is 26.4 Å². The summed E-state index contributed by atoms with van der Waals surface area (Å²) in [6.45, 7) is 1.78. The molecule has 0 saturated heterocycles. The number of carbonyl (C=O) groups excluding carboxylic acids is 1. The second-order valence-electron chi connectivity index (χ2n) is 5.77. The zero-order valence-corrected chi connectivity index (χ0v) is 14.7. The molecule has 0 fully saturated rings. The van der Waals surface area contributed by atoms with Gasteiger partial charge in [-0.1, -0.05) is 0 Å². The summed E-state index contributed by atoms with van der Waals surface area (Å²) in [5.41, 5.74) is 1.74. The van der Waals surface area contributed by atoms with Gasteiger partial charge in [0.05, 0.1) is 10.4 Å². The molecule has 2 aromatic carbocycles. The molecule has 140 valence electrons. The molecule has 3 aromatic rings. The van der Waals surface area contributed by atoms with Crippen LogP contribution in [0.5, 0.6) is 0 Å². The maximum atomic E-state index is 13.7. The van der Waals surface area contributed by atoms with Crippen LogP contribution in [0.25, 0.3) is 17.0 Å². The minimum Gasteiger partial charge on any atom is -0.360 e. The van der Waals surface area contributed by atoms with E-state index in [-0.39, 0.29) is 0 Å². The normalized spacial score (nSPS) is 12.0. The van der Waals surface area contributed by atoms with E-state index in [4.69, 9.17) is 0 Å². The number of rotatable bonds is 4. The maximum absolute atomic E-state index is 13.7. The molecule has 1 amide bonds. The number of aryl methyl sites for hydroxylation is 1. The molecule has 9 heteroatoms. The van der Waals surface area contributed by atoms with Gasteiger partial charge < -0.3 is 4.98 Å². The minimum atomic E-state index is -4.39. The van der Waals surface area contributed by atoms with E-state index >= 15 is 0 Å². The molecule has 0 saturated carbocycles. The maximum Gasteiger partial charge on any atom is 0.264 e. The van der Waals surface area contributed by atoms with Gasteiger partial charge in [0.2, 0.25) is 0 Å². The molecule has 0 atom stereocenters. The van der Waals surface area contributed by atoms with E-state index in [1.54, 1.807) is 17.8 Å². The fraction of sp³-hybridized carbons (Fsp3) is 0.0556. The first-order valence-corrected chi connectivity index (χ1v) is 9.13. The number of halogens is 3. The highest BCUT2D eigenvalue weighted by Crippen LogP contribution is 2.24. The van der Waals surface area contributed by atoms with Crippen molar-refractivity contribution in [2.75, 3.05) is 0 Å². The average Bonchev–Trinajstić information content (AvgIpc) is 2.96. The molecule has 1 heterocycles. The van der Waals surface area contributed by atoms with Crippen molar-refractivity contribution >= 4 is 32.9 Å². The molecule has 2 N–H and O–H groups in total. The van der Waals surface area contributed by atoms with Gasteiger partial charge in [-0.25, -0.2) is 26.3 Å². The molecular formula is C18H13F3N2O3S. The summed E-state index contributed by atoms with van der Waals surface area (Å²) in [5, 5.41) is 0.629. The Morgan fingerprint density at radius 2 is 1.85 bits per heavy atom. The summed E-state index contributed by atoms with van der Waals surface area (Å²) < 4.78 is 65.7. The van der Waals surface area contributed by atoms with E-state index in [0.717, 1.165) is 17.7 Å². The number of H-pyrrole nitrogens is 1. The molecule has 0 aliphatic carbocycles. The van der Waals surface area contributed by atoms with E-state index in [9.17, 15) is 26.4 Å². The van der Waals surface area contributed by atoms with Crippen LogP contribution in [0.1, 0.15) is 11.1 Å². The Bertz CT molecular complexity index is 1180. The summed E-state index contributed by atoms with van der Waals surface area (Å²) in [5.74, 6) is -4.11. The standard InChI is InChI=1S/C18H13F3N2O3S/c1-10-9-22-18-11(6-12(19)7-14(10)18)2-5-17(24)23-27(25,26)13-3-4-15(20)16(21)8-13/h2-9,22H,1H3,(H,23,24). The minimum absolute atomic E-state index is 0.346. The lowest BCUT2D eigenvalue weighted by molar-refractivity contribution is -0.114. The van der Waals surface area contributed by atoms with Crippen LogP contribution >= 0.6 is 0 Å². The summed E-state index contributed by atoms with van der Waals surface area (Å²) in [6, 6.07) is 4.46. The Morgan fingerprint density at radius 1 is 1.11 bits per heavy atom. The number of fused-ring (bicyclic) bond motifs is 1. The number of aromatic amines is 1. The van der Waals surface area contributed by atoms with E-state index in [1.807, 2.05) is 0 Å². The third-order valence-corrected chi connectivity index (χ3v) is 5.19. The second-order valence-corrected chi connectivity index (χ2v) is 7.45. The van der Waals surface area contributed by atoms with E-state index in [0.29, 0.717) is 28.6 Å². The van der Waals surface area contributed by atoms with Crippen molar-refractivity contribution in [1.82, 2.24) is 9.71 Å². The lowest BCUT2D eigenvalue weighted by atomic mass is 10.1. The highest BCUT2D eigenvalue weighted by Gasteiger charge is 2.18. The van der Waals surface area contributed by atoms with Crippen LogP contribution in [0, 0.1) is 24.4 Å². The van der Waals surface area contributed by atoms with Crippen LogP contribution < -0.4 is 4.72 Å². The van der Waals surface area contributed by atoms with Crippen LogP contribution in [0.2, 0.25) is 0 Å². The van der Waals surface area contributed by atoms with Gasteiger partial charge in [0.15, 0.2) is 11.6 Å². The van der Waals surface area contributed by atoms with Gasteiger partial charge in [0.25, 0.3) is 15.9 Å². The van der Waals surface area contributed by atoms with Crippen molar-refractivity contribution in [1.29, 1.82) is 0 Å². The largest absolute Gasteiger partial charge is 0.360 e. The summed E-state index contributed by atoms with van der Waals surface area (Å²) in [4.78, 5) is 14.3. The number of nitrogens with one attached hydrogen (secondary N) is 2. The van der Waals surface area contributed by atoms with Crippen molar-refractivity contribution in [2.24, 2.45) is 0 Å². The van der Waals surface area contributed by atoms with Crippen LogP contribution in [0.3, 0.4) is 0 Å². The van der Waals surface area contributed by atoms with Crippen molar-refractivity contribution in [3.8, 4) is 0 Å². The molecule has 3 rings (SSSR count). The van der Waals surface area contributed by atoms with Crippen LogP contribution in [0.15, 0.2) is 47.5 Å². The Labute approximate surface area is 152 Å². The fourth-order valence-electron chi connectivity index (χ4n) is 2.52. The van der Waals surface area contributed by atoms with E-state index < -0.39 is 38.3 Å². The molecule has 0 aliphatic rings. The number of aromatic nitrogens is 1. The zero-order valence-electron chi connectivity index (χ0n) is 13.9. The van der Waals surface area contributed by atoms with E-state index in [1.165, 1.54) is 18.2 Å². The molecule has 0 bridgehead atoms. The summed E-state index contributed by atoms with van der Waals surface area (Å²) in [6.07, 6.45) is 3.83. The lowest BCUT2D eigenvalue weighted by Gasteiger charge is -2.05. The number of sulfonamides is 1. The predicted molar refractivity (Wildman–Crippen MR) is 93.7 cm³/mol. The van der Waals surface area contributed by atoms with E-state index in [2.05, 4.69) is 4.98 Å². The highest BCUT2D eigenvalue weighted by molar-refractivity contribution is 7.90. The smallest absolute Gasteiger partial charge is 0.264 e. The zero-order chi connectivity index (χ0) is 19.8. The Hall–Kier alpha value is -3.07. The summed E-state index contributed by atoms with van der Waals surface area (Å²) in [7, 11) is -4.39. The number of amides is 1. The second kappa shape index (κ2) is 6.92. The molecule has 0 radical (unpaired) electrons. The van der Waals surface area contributed by atoms with Gasteiger partial charge in [-0.2, -0.15) is 0 Å². The van der Waals surface area contributed by atoms with Crippen LogP contribution in [-0.2, 0) is 14.8 Å². The third kappa shape index (κ3) is 3.87. The molecule has 0 spiro atoms. The van der Waals surface area contributed by atoms with Crippen molar-refractivity contribution in [3.63, 3.8) is 0 Å². The predicted octanol–water partition coefficient (Wildman–Crippen LogP) is 3.41. The Kier molecular flexibility index (Phi) is 4.79. The number of benzene rings is 2. The number of hydrogen-bond donors (Lipinski definition) is 2. The van der Waals surface area contributed by atoms with Crippen molar-refractivity contribution in [2.45, 2.75) is 11.8 Å². The van der Waals surface area contributed by atoms with Gasteiger partial charge in [-0.3, -0.25) is 4.79 Å². The SMILES string of the molecule is Cc1c[nH]c2c(C=CC(=O)NS(=O)(=O)c3ccc(F)c(F)c3)cc(F)cc12. The van der Waals surface area contributed by atoms with Gasteiger partial charge in [-0.15, -0.1) is 0 Å². The molecule has 0 unspecified atom stereocenters. The first kappa shape index (κ1) is 18.7. The lowest BCUT2D eigenvalue weighted by Crippen LogP contribution is -2.29. The quantitative estimate of drug-likeness (QED) is 0.666. The number of hydrogen-bond acceptors (Lipinski definition) is 3. The molecule has 0 aliphatic heterocycles. The third-order valence-electron chi connectivity index (χ3n) is 3.84. The molecule has 27 heavy (non-hydrogen) atoms.